The van der Waals surface area contributed by atoms with E-state index in [0.29, 0.717) is 30.4 Å². The number of nitrogens with one attached hydrogen (secondary N) is 1. The number of aliphatic hydroxyl groups is 1. The molecule has 3 aliphatic heterocycles. The molecular formula is C27H33ClFN3O4. The molecule has 9 heteroatoms. The minimum atomic E-state index is -1.12. The number of nitrogens with zero attached hydrogens (tertiary/aromatic N) is 2. The summed E-state index contributed by atoms with van der Waals surface area (Å²) in [6.45, 7) is 4.96. The third kappa shape index (κ3) is 4.21. The predicted molar refractivity (Wildman–Crippen MR) is 135 cm³/mol. The van der Waals surface area contributed by atoms with Crippen LogP contribution in [0.2, 0.25) is 5.02 Å². The molecule has 0 bridgehead atoms. The normalized spacial score (nSPS) is 34.2. The van der Waals surface area contributed by atoms with Crippen molar-refractivity contribution in [3.8, 4) is 0 Å². The van der Waals surface area contributed by atoms with E-state index in [-0.39, 0.29) is 36.3 Å². The number of likely N-dealkylation sites (tertiary alicyclic amines) is 1. The molecule has 4 aliphatic rings. The first-order valence-electron chi connectivity index (χ1n) is 12.9. The summed E-state index contributed by atoms with van der Waals surface area (Å²) in [5, 5.41) is 15.6. The van der Waals surface area contributed by atoms with Crippen molar-refractivity contribution in [2.24, 2.45) is 11.3 Å². The average molecular weight is 518 g/mol. The van der Waals surface area contributed by atoms with Crippen molar-refractivity contribution in [2.45, 2.75) is 56.3 Å². The SMILES string of the molecule is CC1(N2CC[C@H](c3cc4cc(NC(=O)[C@@H]5CC56CCOCC6)ncc4cc3Cl)[C@@H](F)C2)COCC1O. The number of benzene rings is 1. The Morgan fingerprint density at radius 3 is 2.78 bits per heavy atom. The molecule has 1 saturated carbocycles. The van der Waals surface area contributed by atoms with Gasteiger partial charge in [-0.15, -0.1) is 0 Å². The maximum atomic E-state index is 15.5. The first kappa shape index (κ1) is 24.5. The van der Waals surface area contributed by atoms with Crippen LogP contribution in [0.15, 0.2) is 24.4 Å². The van der Waals surface area contributed by atoms with Crippen LogP contribution in [0.5, 0.6) is 0 Å². The third-order valence-corrected chi connectivity index (χ3v) is 9.46. The lowest BCUT2D eigenvalue weighted by atomic mass is 9.84. The van der Waals surface area contributed by atoms with E-state index in [1.54, 1.807) is 6.20 Å². The zero-order valence-corrected chi connectivity index (χ0v) is 21.3. The number of aliphatic hydroxyl groups excluding tert-OH is 1. The Balaban J connectivity index is 1.18. The lowest BCUT2D eigenvalue weighted by Crippen LogP contribution is -2.58. The Labute approximate surface area is 215 Å². The smallest absolute Gasteiger partial charge is 0.229 e. The van der Waals surface area contributed by atoms with Gasteiger partial charge in [0.2, 0.25) is 5.91 Å². The molecule has 2 unspecified atom stereocenters. The zero-order valence-electron chi connectivity index (χ0n) is 20.5. The zero-order chi connectivity index (χ0) is 25.1. The Morgan fingerprint density at radius 2 is 2.06 bits per heavy atom. The molecule has 6 rings (SSSR count). The molecule has 1 aromatic heterocycles. The number of alkyl halides is 1. The van der Waals surface area contributed by atoms with Gasteiger partial charge in [0, 0.05) is 48.2 Å². The number of anilines is 1. The highest BCUT2D eigenvalue weighted by atomic mass is 35.5. The fraction of sp³-hybridized carbons (Fsp3) is 0.630. The quantitative estimate of drug-likeness (QED) is 0.639. The second-order valence-corrected chi connectivity index (χ2v) is 11.7. The second-order valence-electron chi connectivity index (χ2n) is 11.3. The van der Waals surface area contributed by atoms with Crippen molar-refractivity contribution in [3.05, 3.63) is 35.0 Å². The summed E-state index contributed by atoms with van der Waals surface area (Å²) < 4.78 is 26.4. The largest absolute Gasteiger partial charge is 0.389 e. The summed E-state index contributed by atoms with van der Waals surface area (Å²) in [6, 6.07) is 5.62. The molecular weight excluding hydrogens is 485 g/mol. The van der Waals surface area contributed by atoms with Gasteiger partial charge in [0.15, 0.2) is 0 Å². The maximum absolute atomic E-state index is 15.5. The van der Waals surface area contributed by atoms with Crippen LogP contribution in [0, 0.1) is 11.3 Å². The molecule has 1 spiro atoms. The van der Waals surface area contributed by atoms with Gasteiger partial charge in [-0.3, -0.25) is 9.69 Å². The van der Waals surface area contributed by atoms with Gasteiger partial charge in [-0.25, -0.2) is 9.37 Å². The number of carbonyl (C=O) groups excluding carboxylic acids is 1. The summed E-state index contributed by atoms with van der Waals surface area (Å²) in [7, 11) is 0. The number of ether oxygens (including phenoxy) is 2. The molecule has 5 atom stereocenters. The van der Waals surface area contributed by atoms with Crippen LogP contribution in [-0.4, -0.2) is 78.2 Å². The van der Waals surface area contributed by atoms with E-state index >= 15 is 4.39 Å². The number of hydrogen-bond acceptors (Lipinski definition) is 6. The number of carbonyl (C=O) groups is 1. The minimum absolute atomic E-state index is 0.0145. The maximum Gasteiger partial charge on any atom is 0.229 e. The van der Waals surface area contributed by atoms with Crippen molar-refractivity contribution in [1.29, 1.82) is 0 Å². The van der Waals surface area contributed by atoms with Gasteiger partial charge in [0.1, 0.15) is 12.0 Å². The second kappa shape index (κ2) is 9.17. The van der Waals surface area contributed by atoms with Crippen molar-refractivity contribution in [3.63, 3.8) is 0 Å². The number of hydrogen-bond donors (Lipinski definition) is 2. The molecule has 36 heavy (non-hydrogen) atoms. The number of halogens is 2. The third-order valence-electron chi connectivity index (χ3n) is 9.13. The van der Waals surface area contributed by atoms with E-state index < -0.39 is 17.8 Å². The van der Waals surface area contributed by atoms with E-state index in [1.165, 1.54) is 0 Å². The average Bonchev–Trinajstić information content (AvgIpc) is 3.44. The molecule has 2 N–H and O–H groups in total. The first-order valence-corrected chi connectivity index (χ1v) is 13.3. The van der Waals surface area contributed by atoms with E-state index in [0.717, 1.165) is 48.8 Å². The van der Waals surface area contributed by atoms with Crippen LogP contribution in [-0.2, 0) is 14.3 Å². The van der Waals surface area contributed by atoms with Crippen molar-refractivity contribution >= 4 is 34.1 Å². The van der Waals surface area contributed by atoms with Crippen LogP contribution in [0.1, 0.15) is 44.1 Å². The van der Waals surface area contributed by atoms with Gasteiger partial charge in [0.25, 0.3) is 0 Å². The Morgan fingerprint density at radius 1 is 1.25 bits per heavy atom. The topological polar surface area (TPSA) is 83.9 Å². The van der Waals surface area contributed by atoms with Crippen molar-refractivity contribution < 1.29 is 23.8 Å². The number of pyridine rings is 1. The first-order chi connectivity index (χ1) is 17.3. The molecule has 1 amide bonds. The molecule has 194 valence electrons. The fourth-order valence-electron chi connectivity index (χ4n) is 6.47. The van der Waals surface area contributed by atoms with E-state index in [2.05, 4.69) is 10.3 Å². The standard InChI is InChI=1S/C27H33ClFN3O4/c1-26(15-36-14-23(26)33)32-5-2-18(22(29)13-32)19-8-16-10-24(30-12-17(16)9-21(19)28)31-25(34)20-11-27(20)3-6-35-7-4-27/h8-10,12,18,20,22-23,33H,2-7,11,13-15H2,1H3,(H,30,31,34)/t18-,20+,22+,23?,26?/m1/s1. The van der Waals surface area contributed by atoms with E-state index in [4.69, 9.17) is 21.1 Å². The number of rotatable bonds is 4. The van der Waals surface area contributed by atoms with Crippen LogP contribution < -0.4 is 5.32 Å². The summed E-state index contributed by atoms with van der Waals surface area (Å²) in [6.07, 6.45) is 3.34. The fourth-order valence-corrected chi connectivity index (χ4v) is 6.78. The molecule has 4 heterocycles. The molecule has 0 radical (unpaired) electrons. The molecule has 7 nitrogen and oxygen atoms in total. The number of amides is 1. The molecule has 3 saturated heterocycles. The van der Waals surface area contributed by atoms with Crippen molar-refractivity contribution in [1.82, 2.24) is 9.88 Å². The molecule has 2 aromatic rings. The number of piperidine rings is 1. The molecule has 1 aromatic carbocycles. The van der Waals surface area contributed by atoms with Crippen molar-refractivity contribution in [2.75, 3.05) is 44.8 Å². The lowest BCUT2D eigenvalue weighted by molar-refractivity contribution is -0.118. The van der Waals surface area contributed by atoms with Gasteiger partial charge in [0.05, 0.1) is 24.9 Å². The summed E-state index contributed by atoms with van der Waals surface area (Å²) >= 11 is 6.62. The number of aromatic nitrogens is 1. The summed E-state index contributed by atoms with van der Waals surface area (Å²) in [5.41, 5.74) is 0.311. The van der Waals surface area contributed by atoms with Crippen LogP contribution in [0.4, 0.5) is 10.2 Å². The van der Waals surface area contributed by atoms with Gasteiger partial charge < -0.3 is 19.9 Å². The summed E-state index contributed by atoms with van der Waals surface area (Å²) in [4.78, 5) is 19.3. The van der Waals surface area contributed by atoms with Gasteiger partial charge in [-0.2, -0.15) is 0 Å². The predicted octanol–water partition coefficient (Wildman–Crippen LogP) is 3.92. The van der Waals surface area contributed by atoms with Gasteiger partial charge in [-0.05, 0) is 73.7 Å². The molecule has 1 aliphatic carbocycles. The lowest BCUT2D eigenvalue weighted by Gasteiger charge is -2.45. The van der Waals surface area contributed by atoms with Gasteiger partial charge in [-0.1, -0.05) is 11.6 Å². The number of fused-ring (bicyclic) bond motifs is 1. The van der Waals surface area contributed by atoms with E-state index in [1.807, 2.05) is 30.0 Å². The molecule has 4 fully saturated rings. The minimum Gasteiger partial charge on any atom is -0.389 e. The Kier molecular flexibility index (Phi) is 6.24. The van der Waals surface area contributed by atoms with Gasteiger partial charge >= 0.3 is 0 Å². The van der Waals surface area contributed by atoms with Crippen LogP contribution in [0.3, 0.4) is 0 Å². The monoisotopic (exact) mass is 517 g/mol. The van der Waals surface area contributed by atoms with E-state index in [9.17, 15) is 9.90 Å². The highest BCUT2D eigenvalue weighted by Crippen LogP contribution is 2.59. The summed E-state index contributed by atoms with van der Waals surface area (Å²) in [5.74, 6) is 0.195. The Bertz CT molecular complexity index is 1180. The van der Waals surface area contributed by atoms with Crippen LogP contribution in [0.25, 0.3) is 10.8 Å². The highest BCUT2D eigenvalue weighted by Gasteiger charge is 2.58. The Hall–Kier alpha value is -1.84. The van der Waals surface area contributed by atoms with Crippen LogP contribution >= 0.6 is 11.6 Å². The highest BCUT2D eigenvalue weighted by molar-refractivity contribution is 6.32.